The van der Waals surface area contributed by atoms with Crippen LogP contribution in [0, 0.1) is 27.7 Å². The molecule has 184 valence electrons. The Morgan fingerprint density at radius 2 is 1.19 bits per heavy atom. The van der Waals surface area contributed by atoms with Gasteiger partial charge in [0.15, 0.2) is 0 Å². The molecule has 0 aliphatic rings. The SMILES string of the molecule is Cc1ccc(Nc2nc(Nc3ccc(C)cc3C)nc(N[C@@H](C)C(=O)Nc3ccccc3)n2)c(C)c1. The second-order valence-electron chi connectivity index (χ2n) is 8.91. The van der Waals surface area contributed by atoms with Gasteiger partial charge in [-0.1, -0.05) is 53.6 Å². The van der Waals surface area contributed by atoms with Gasteiger partial charge in [0.1, 0.15) is 6.04 Å². The van der Waals surface area contributed by atoms with Gasteiger partial charge in [-0.3, -0.25) is 4.79 Å². The van der Waals surface area contributed by atoms with E-state index in [1.54, 1.807) is 6.92 Å². The number of anilines is 6. The molecule has 4 aromatic rings. The summed E-state index contributed by atoms with van der Waals surface area (Å²) in [5, 5.41) is 12.6. The fraction of sp³-hybridized carbons (Fsp3) is 0.214. The highest BCUT2D eigenvalue weighted by molar-refractivity contribution is 5.96. The first-order chi connectivity index (χ1) is 17.3. The monoisotopic (exact) mass is 481 g/mol. The molecule has 0 unspecified atom stereocenters. The molecule has 1 heterocycles. The van der Waals surface area contributed by atoms with Gasteiger partial charge in [0, 0.05) is 17.1 Å². The number of aryl methyl sites for hydroxylation is 4. The number of carbonyl (C=O) groups is 1. The molecule has 1 aromatic heterocycles. The highest BCUT2D eigenvalue weighted by Crippen LogP contribution is 2.24. The lowest BCUT2D eigenvalue weighted by Crippen LogP contribution is -2.32. The average molecular weight is 482 g/mol. The van der Waals surface area contributed by atoms with Crippen LogP contribution < -0.4 is 21.3 Å². The van der Waals surface area contributed by atoms with Crippen molar-refractivity contribution in [3.05, 3.63) is 89.0 Å². The summed E-state index contributed by atoms with van der Waals surface area (Å²) in [5.41, 5.74) is 7.00. The molecule has 0 radical (unpaired) electrons. The second kappa shape index (κ2) is 10.9. The van der Waals surface area contributed by atoms with Gasteiger partial charge in [-0.2, -0.15) is 15.0 Å². The van der Waals surface area contributed by atoms with Crippen molar-refractivity contribution in [1.29, 1.82) is 0 Å². The smallest absolute Gasteiger partial charge is 0.246 e. The molecule has 0 saturated carbocycles. The van der Waals surface area contributed by atoms with Crippen LogP contribution in [0.3, 0.4) is 0 Å². The van der Waals surface area contributed by atoms with Crippen LogP contribution in [0.25, 0.3) is 0 Å². The van der Waals surface area contributed by atoms with Crippen LogP contribution in [0.4, 0.5) is 34.9 Å². The van der Waals surface area contributed by atoms with E-state index in [-0.39, 0.29) is 11.9 Å². The van der Waals surface area contributed by atoms with E-state index in [4.69, 9.17) is 0 Å². The van der Waals surface area contributed by atoms with E-state index in [9.17, 15) is 4.79 Å². The number of nitrogens with one attached hydrogen (secondary N) is 4. The molecule has 0 fully saturated rings. The zero-order chi connectivity index (χ0) is 25.7. The number of aromatic nitrogens is 3. The normalized spacial score (nSPS) is 11.5. The summed E-state index contributed by atoms with van der Waals surface area (Å²) >= 11 is 0. The summed E-state index contributed by atoms with van der Waals surface area (Å²) in [5.74, 6) is 0.805. The number of hydrogen-bond donors (Lipinski definition) is 4. The van der Waals surface area contributed by atoms with E-state index in [2.05, 4.69) is 62.2 Å². The van der Waals surface area contributed by atoms with Gasteiger partial charge in [0.2, 0.25) is 23.8 Å². The molecule has 8 heteroatoms. The van der Waals surface area contributed by atoms with Gasteiger partial charge in [0.05, 0.1) is 0 Å². The molecule has 3 aromatic carbocycles. The molecule has 0 spiro atoms. The zero-order valence-corrected chi connectivity index (χ0v) is 21.2. The standard InChI is InChI=1S/C28H31N7O/c1-17-11-13-23(19(3)15-17)31-27-33-26(29-21(5)25(36)30-22-9-7-6-8-10-22)34-28(35-27)32-24-14-12-18(2)16-20(24)4/h6-16,21H,1-5H3,(H,30,36)(H3,29,31,32,33,34,35)/t21-/m0/s1. The summed E-state index contributed by atoms with van der Waals surface area (Å²) in [6, 6.07) is 21.0. The van der Waals surface area contributed by atoms with Crippen molar-refractivity contribution in [2.45, 2.75) is 40.7 Å². The Labute approximate surface area is 211 Å². The molecule has 1 atom stereocenters. The van der Waals surface area contributed by atoms with Crippen molar-refractivity contribution < 1.29 is 4.79 Å². The molecule has 4 rings (SSSR count). The summed E-state index contributed by atoms with van der Waals surface area (Å²) in [7, 11) is 0. The number of benzene rings is 3. The van der Waals surface area contributed by atoms with E-state index in [1.807, 2.05) is 68.4 Å². The maximum Gasteiger partial charge on any atom is 0.246 e. The maximum absolute atomic E-state index is 12.7. The fourth-order valence-corrected chi connectivity index (χ4v) is 3.73. The van der Waals surface area contributed by atoms with E-state index in [0.29, 0.717) is 11.9 Å². The first-order valence-electron chi connectivity index (χ1n) is 11.8. The first-order valence-corrected chi connectivity index (χ1v) is 11.8. The van der Waals surface area contributed by atoms with Gasteiger partial charge in [0.25, 0.3) is 0 Å². The third kappa shape index (κ3) is 6.35. The Bertz CT molecular complexity index is 1300. The fourth-order valence-electron chi connectivity index (χ4n) is 3.73. The van der Waals surface area contributed by atoms with Gasteiger partial charge < -0.3 is 21.3 Å². The van der Waals surface area contributed by atoms with Crippen molar-refractivity contribution in [3.8, 4) is 0 Å². The predicted octanol–water partition coefficient (Wildman–Crippen LogP) is 6.03. The topological polar surface area (TPSA) is 104 Å². The van der Waals surface area contributed by atoms with Crippen LogP contribution in [-0.2, 0) is 4.79 Å². The summed E-state index contributed by atoms with van der Waals surface area (Å²) in [6.07, 6.45) is 0. The molecular weight excluding hydrogens is 450 g/mol. The first kappa shape index (κ1) is 24.7. The zero-order valence-electron chi connectivity index (χ0n) is 21.2. The number of hydrogen-bond acceptors (Lipinski definition) is 7. The minimum atomic E-state index is -0.587. The van der Waals surface area contributed by atoms with Crippen molar-refractivity contribution in [2.75, 3.05) is 21.3 Å². The van der Waals surface area contributed by atoms with Crippen LogP contribution in [0.1, 0.15) is 29.2 Å². The third-order valence-electron chi connectivity index (χ3n) is 5.67. The van der Waals surface area contributed by atoms with Gasteiger partial charge in [-0.15, -0.1) is 0 Å². The van der Waals surface area contributed by atoms with Crippen molar-refractivity contribution in [1.82, 2.24) is 15.0 Å². The van der Waals surface area contributed by atoms with Crippen molar-refractivity contribution >= 4 is 40.8 Å². The molecule has 0 saturated heterocycles. The molecule has 1 amide bonds. The molecule has 0 bridgehead atoms. The molecule has 0 aliphatic heterocycles. The quantitative estimate of drug-likeness (QED) is 0.243. The summed E-state index contributed by atoms with van der Waals surface area (Å²) < 4.78 is 0. The number of rotatable bonds is 8. The van der Waals surface area contributed by atoms with Crippen LogP contribution in [0.5, 0.6) is 0 Å². The van der Waals surface area contributed by atoms with Gasteiger partial charge in [-0.05, 0) is 70.0 Å². The Morgan fingerprint density at radius 3 is 1.69 bits per heavy atom. The number of para-hydroxylation sites is 1. The summed E-state index contributed by atoms with van der Waals surface area (Å²) in [6.45, 7) is 9.92. The van der Waals surface area contributed by atoms with E-state index < -0.39 is 6.04 Å². The number of carbonyl (C=O) groups excluding carboxylic acids is 1. The maximum atomic E-state index is 12.7. The number of nitrogens with zero attached hydrogens (tertiary/aromatic N) is 3. The molecular formula is C28H31N7O. The lowest BCUT2D eigenvalue weighted by atomic mass is 10.1. The molecule has 0 aliphatic carbocycles. The Balaban J connectivity index is 1.60. The van der Waals surface area contributed by atoms with Gasteiger partial charge >= 0.3 is 0 Å². The molecule has 4 N–H and O–H groups in total. The third-order valence-corrected chi connectivity index (χ3v) is 5.67. The predicted molar refractivity (Wildman–Crippen MR) is 146 cm³/mol. The van der Waals surface area contributed by atoms with E-state index in [1.165, 1.54) is 11.1 Å². The second-order valence-corrected chi connectivity index (χ2v) is 8.91. The molecule has 8 nitrogen and oxygen atoms in total. The van der Waals surface area contributed by atoms with Crippen LogP contribution in [0.15, 0.2) is 66.7 Å². The van der Waals surface area contributed by atoms with E-state index in [0.717, 1.165) is 28.2 Å². The largest absolute Gasteiger partial charge is 0.342 e. The summed E-state index contributed by atoms with van der Waals surface area (Å²) in [4.78, 5) is 26.4. The highest BCUT2D eigenvalue weighted by atomic mass is 16.2. The van der Waals surface area contributed by atoms with Gasteiger partial charge in [-0.25, -0.2) is 0 Å². The lowest BCUT2D eigenvalue weighted by Gasteiger charge is -2.17. The minimum Gasteiger partial charge on any atom is -0.342 e. The molecule has 36 heavy (non-hydrogen) atoms. The van der Waals surface area contributed by atoms with Crippen LogP contribution in [-0.4, -0.2) is 26.9 Å². The highest BCUT2D eigenvalue weighted by Gasteiger charge is 2.16. The Hall–Kier alpha value is -4.46. The number of amides is 1. The van der Waals surface area contributed by atoms with E-state index >= 15 is 0 Å². The average Bonchev–Trinajstić information content (AvgIpc) is 2.83. The lowest BCUT2D eigenvalue weighted by molar-refractivity contribution is -0.116. The Kier molecular flexibility index (Phi) is 7.44. The minimum absolute atomic E-state index is 0.200. The van der Waals surface area contributed by atoms with Crippen molar-refractivity contribution in [2.24, 2.45) is 0 Å². The van der Waals surface area contributed by atoms with Crippen LogP contribution >= 0.6 is 0 Å². The van der Waals surface area contributed by atoms with Crippen molar-refractivity contribution in [3.63, 3.8) is 0 Å². The van der Waals surface area contributed by atoms with Crippen LogP contribution in [0.2, 0.25) is 0 Å². The Morgan fingerprint density at radius 1 is 0.694 bits per heavy atom.